The van der Waals surface area contributed by atoms with Gasteiger partial charge >= 0.3 is 0 Å². The molecule has 0 fully saturated rings. The predicted octanol–water partition coefficient (Wildman–Crippen LogP) is 8.44. The minimum atomic E-state index is 0.675. The standard InChI is InChI=1S/C30H19ClN2/c31-26-19-28(22-14-8-3-9-15-22)33-30-24(26)17-16-23-25(20-10-4-1-5-11-20)18-27(32-29(23)30)21-12-6-2-7-13-21/h1-19H. The SMILES string of the molecule is Clc1cc(-c2ccccc2)nc2c1ccc1c(-c3ccccc3)cc(-c3ccccc3)nc12. The van der Waals surface area contributed by atoms with Gasteiger partial charge in [-0.05, 0) is 23.3 Å². The number of rotatable bonds is 3. The zero-order chi connectivity index (χ0) is 22.2. The Labute approximate surface area is 197 Å². The van der Waals surface area contributed by atoms with Crippen molar-refractivity contribution in [1.82, 2.24) is 9.97 Å². The van der Waals surface area contributed by atoms with E-state index in [1.165, 1.54) is 0 Å². The normalized spacial score (nSPS) is 11.2. The molecule has 0 aliphatic heterocycles. The summed E-state index contributed by atoms with van der Waals surface area (Å²) in [4.78, 5) is 10.2. The number of halogens is 1. The number of aromatic nitrogens is 2. The first-order valence-electron chi connectivity index (χ1n) is 10.9. The van der Waals surface area contributed by atoms with Crippen LogP contribution in [0.15, 0.2) is 115 Å². The Morgan fingerprint density at radius 1 is 0.455 bits per heavy atom. The Hall–Kier alpha value is -4.01. The van der Waals surface area contributed by atoms with Gasteiger partial charge in [-0.2, -0.15) is 0 Å². The molecule has 156 valence electrons. The van der Waals surface area contributed by atoms with Crippen molar-refractivity contribution >= 4 is 33.4 Å². The third-order valence-corrected chi connectivity index (χ3v) is 6.24. The second-order valence-electron chi connectivity index (χ2n) is 8.00. The van der Waals surface area contributed by atoms with E-state index in [9.17, 15) is 0 Å². The fraction of sp³-hybridized carbons (Fsp3) is 0. The van der Waals surface area contributed by atoms with Crippen molar-refractivity contribution in [3.8, 4) is 33.6 Å². The molecule has 6 rings (SSSR count). The summed E-state index contributed by atoms with van der Waals surface area (Å²) in [7, 11) is 0. The predicted molar refractivity (Wildman–Crippen MR) is 138 cm³/mol. The van der Waals surface area contributed by atoms with Gasteiger partial charge in [0, 0.05) is 21.9 Å². The van der Waals surface area contributed by atoms with E-state index in [2.05, 4.69) is 54.6 Å². The fourth-order valence-electron chi connectivity index (χ4n) is 4.30. The Bertz CT molecular complexity index is 1600. The maximum absolute atomic E-state index is 6.76. The van der Waals surface area contributed by atoms with Gasteiger partial charge in [0.25, 0.3) is 0 Å². The summed E-state index contributed by atoms with van der Waals surface area (Å²) in [5, 5.41) is 2.64. The zero-order valence-electron chi connectivity index (χ0n) is 17.7. The molecule has 2 aromatic heterocycles. The van der Waals surface area contributed by atoms with Crippen LogP contribution in [0.25, 0.3) is 55.4 Å². The number of pyridine rings is 2. The lowest BCUT2D eigenvalue weighted by molar-refractivity contribution is 1.36. The van der Waals surface area contributed by atoms with E-state index in [0.717, 1.165) is 55.4 Å². The molecule has 2 nitrogen and oxygen atoms in total. The van der Waals surface area contributed by atoms with E-state index in [0.29, 0.717) is 5.02 Å². The van der Waals surface area contributed by atoms with Crippen LogP contribution in [0.3, 0.4) is 0 Å². The molecular formula is C30H19ClN2. The topological polar surface area (TPSA) is 25.8 Å². The van der Waals surface area contributed by atoms with Gasteiger partial charge in [0.1, 0.15) is 0 Å². The highest BCUT2D eigenvalue weighted by Crippen LogP contribution is 2.37. The summed E-state index contributed by atoms with van der Waals surface area (Å²) >= 11 is 6.76. The highest BCUT2D eigenvalue weighted by Gasteiger charge is 2.15. The third kappa shape index (κ3) is 3.55. The Morgan fingerprint density at radius 2 is 0.909 bits per heavy atom. The highest BCUT2D eigenvalue weighted by atomic mass is 35.5. The molecule has 0 unspecified atom stereocenters. The minimum absolute atomic E-state index is 0.675. The summed E-state index contributed by atoms with van der Waals surface area (Å²) in [5.74, 6) is 0. The molecule has 6 aromatic rings. The van der Waals surface area contributed by atoms with Crippen LogP contribution in [0.1, 0.15) is 0 Å². The Balaban J connectivity index is 1.72. The molecule has 3 heteroatoms. The third-order valence-electron chi connectivity index (χ3n) is 5.93. The molecule has 0 aliphatic rings. The van der Waals surface area contributed by atoms with Crippen molar-refractivity contribution in [3.63, 3.8) is 0 Å². The van der Waals surface area contributed by atoms with Crippen LogP contribution in [0, 0.1) is 0 Å². The van der Waals surface area contributed by atoms with Crippen LogP contribution in [-0.2, 0) is 0 Å². The van der Waals surface area contributed by atoms with E-state index < -0.39 is 0 Å². The van der Waals surface area contributed by atoms with Crippen molar-refractivity contribution < 1.29 is 0 Å². The second-order valence-corrected chi connectivity index (χ2v) is 8.41. The largest absolute Gasteiger partial charge is 0.245 e. The maximum Gasteiger partial charge on any atom is 0.0987 e. The lowest BCUT2D eigenvalue weighted by atomic mass is 9.97. The summed E-state index contributed by atoms with van der Waals surface area (Å²) in [5.41, 5.74) is 7.79. The number of nitrogens with zero attached hydrogens (tertiary/aromatic N) is 2. The van der Waals surface area contributed by atoms with Gasteiger partial charge in [-0.15, -0.1) is 0 Å². The average molecular weight is 443 g/mol. The van der Waals surface area contributed by atoms with Crippen molar-refractivity contribution in [3.05, 3.63) is 120 Å². The van der Waals surface area contributed by atoms with Crippen LogP contribution in [0.2, 0.25) is 5.02 Å². The molecule has 2 heterocycles. The van der Waals surface area contributed by atoms with E-state index in [1.807, 2.05) is 60.7 Å². The van der Waals surface area contributed by atoms with Crippen LogP contribution >= 0.6 is 11.6 Å². The second kappa shape index (κ2) is 8.16. The first kappa shape index (κ1) is 19.7. The van der Waals surface area contributed by atoms with Crippen LogP contribution < -0.4 is 0 Å². The first-order valence-corrected chi connectivity index (χ1v) is 11.3. The van der Waals surface area contributed by atoms with Crippen LogP contribution in [0.5, 0.6) is 0 Å². The smallest absolute Gasteiger partial charge is 0.0987 e. The zero-order valence-corrected chi connectivity index (χ0v) is 18.5. The summed E-state index contributed by atoms with van der Waals surface area (Å²) in [6.45, 7) is 0. The summed E-state index contributed by atoms with van der Waals surface area (Å²) in [6.07, 6.45) is 0. The van der Waals surface area contributed by atoms with Crippen molar-refractivity contribution in [2.45, 2.75) is 0 Å². The number of benzene rings is 4. The average Bonchev–Trinajstić information content (AvgIpc) is 2.89. The molecule has 0 N–H and O–H groups in total. The molecule has 0 spiro atoms. The molecule has 33 heavy (non-hydrogen) atoms. The molecule has 0 amide bonds. The van der Waals surface area contributed by atoms with Crippen LogP contribution in [0.4, 0.5) is 0 Å². The quantitative estimate of drug-likeness (QED) is 0.257. The van der Waals surface area contributed by atoms with Gasteiger partial charge in [0.05, 0.1) is 27.4 Å². The van der Waals surface area contributed by atoms with Gasteiger partial charge in [0.2, 0.25) is 0 Å². The van der Waals surface area contributed by atoms with E-state index in [1.54, 1.807) is 0 Å². The van der Waals surface area contributed by atoms with Gasteiger partial charge < -0.3 is 0 Å². The van der Waals surface area contributed by atoms with Gasteiger partial charge in [-0.3, -0.25) is 0 Å². The minimum Gasteiger partial charge on any atom is -0.245 e. The Morgan fingerprint density at radius 3 is 1.48 bits per heavy atom. The van der Waals surface area contributed by atoms with Crippen molar-refractivity contribution in [2.75, 3.05) is 0 Å². The van der Waals surface area contributed by atoms with Gasteiger partial charge in [0.15, 0.2) is 0 Å². The molecule has 0 radical (unpaired) electrons. The van der Waals surface area contributed by atoms with E-state index in [-0.39, 0.29) is 0 Å². The van der Waals surface area contributed by atoms with E-state index >= 15 is 0 Å². The van der Waals surface area contributed by atoms with Crippen molar-refractivity contribution in [2.24, 2.45) is 0 Å². The molecule has 0 atom stereocenters. The van der Waals surface area contributed by atoms with Gasteiger partial charge in [-0.25, -0.2) is 9.97 Å². The maximum atomic E-state index is 6.76. The summed E-state index contributed by atoms with van der Waals surface area (Å²) < 4.78 is 0. The van der Waals surface area contributed by atoms with Gasteiger partial charge in [-0.1, -0.05) is 115 Å². The molecule has 4 aromatic carbocycles. The monoisotopic (exact) mass is 442 g/mol. The molecule has 0 bridgehead atoms. The number of hydrogen-bond acceptors (Lipinski definition) is 2. The molecule has 0 saturated carbocycles. The fourth-order valence-corrected chi connectivity index (χ4v) is 4.56. The lowest BCUT2D eigenvalue weighted by Crippen LogP contribution is -1.94. The highest BCUT2D eigenvalue weighted by molar-refractivity contribution is 6.36. The Kier molecular flexibility index (Phi) is 4.86. The molecule has 0 aliphatic carbocycles. The molecular weight excluding hydrogens is 424 g/mol. The molecule has 0 saturated heterocycles. The lowest BCUT2D eigenvalue weighted by Gasteiger charge is -2.13. The first-order chi connectivity index (χ1) is 16.3. The van der Waals surface area contributed by atoms with E-state index in [4.69, 9.17) is 21.6 Å². The number of fused-ring (bicyclic) bond motifs is 3. The number of hydrogen-bond donors (Lipinski definition) is 0. The van der Waals surface area contributed by atoms with Crippen LogP contribution in [-0.4, -0.2) is 9.97 Å². The summed E-state index contributed by atoms with van der Waals surface area (Å²) in [6, 6.07) is 39.1. The van der Waals surface area contributed by atoms with Crippen molar-refractivity contribution in [1.29, 1.82) is 0 Å².